The van der Waals surface area contributed by atoms with Crippen LogP contribution in [0.1, 0.15) is 42.6 Å². The Morgan fingerprint density at radius 1 is 1.06 bits per heavy atom. The van der Waals surface area contributed by atoms with Gasteiger partial charge in [0, 0.05) is 12.0 Å². The molecule has 7 heteroatoms. The average Bonchev–Trinajstić information content (AvgIpc) is 3.43. The van der Waals surface area contributed by atoms with Crippen molar-refractivity contribution >= 4 is 28.0 Å². The molecule has 164 valence electrons. The van der Waals surface area contributed by atoms with Gasteiger partial charge in [-0.25, -0.2) is 9.59 Å². The highest BCUT2D eigenvalue weighted by Crippen LogP contribution is 2.45. The fourth-order valence-electron chi connectivity index (χ4n) is 4.60. The topological polar surface area (TPSA) is 80.0 Å². The minimum Gasteiger partial charge on any atom is -0.479 e. The zero-order chi connectivity index (χ0) is 22.5. The van der Waals surface area contributed by atoms with Crippen LogP contribution < -0.4 is 0 Å². The van der Waals surface area contributed by atoms with E-state index in [1.165, 1.54) is 11.8 Å². The molecule has 0 spiro atoms. The van der Waals surface area contributed by atoms with E-state index in [9.17, 15) is 14.7 Å². The van der Waals surface area contributed by atoms with E-state index in [0.29, 0.717) is 4.67 Å². The Morgan fingerprint density at radius 3 is 2.16 bits per heavy atom. The molecule has 1 unspecified atom stereocenters. The van der Waals surface area contributed by atoms with E-state index in [1.807, 2.05) is 36.4 Å². The van der Waals surface area contributed by atoms with Crippen LogP contribution in [0.4, 0.5) is 4.79 Å². The van der Waals surface area contributed by atoms with Gasteiger partial charge in [0.25, 0.3) is 0 Å². The van der Waals surface area contributed by atoms with E-state index in [2.05, 4.69) is 28.1 Å². The van der Waals surface area contributed by atoms with Crippen LogP contribution in [0, 0.1) is 0 Å². The maximum Gasteiger partial charge on any atom is 0.411 e. The van der Waals surface area contributed by atoms with Gasteiger partial charge in [0.2, 0.25) is 0 Å². The van der Waals surface area contributed by atoms with Gasteiger partial charge in [0.15, 0.2) is 10.2 Å². The van der Waals surface area contributed by atoms with Gasteiger partial charge in [-0.3, -0.25) is 4.90 Å². The van der Waals surface area contributed by atoms with Crippen LogP contribution in [0.2, 0.25) is 0 Å². The monoisotopic (exact) mass is 495 g/mol. The number of hydrogen-bond acceptors (Lipinski definition) is 4. The van der Waals surface area contributed by atoms with Gasteiger partial charge < -0.3 is 14.3 Å². The molecule has 0 aliphatic heterocycles. The lowest BCUT2D eigenvalue weighted by atomic mass is 9.96. The molecule has 0 saturated heterocycles. The molecule has 2 aromatic carbocycles. The molecule has 0 radical (unpaired) electrons. The van der Waals surface area contributed by atoms with Crippen molar-refractivity contribution < 1.29 is 23.8 Å². The van der Waals surface area contributed by atoms with Crippen molar-refractivity contribution in [1.82, 2.24) is 4.90 Å². The molecule has 5 rings (SSSR count). The molecule has 1 atom stereocenters. The Hall–Kier alpha value is -3.06. The van der Waals surface area contributed by atoms with Gasteiger partial charge in [-0.1, -0.05) is 48.5 Å². The van der Waals surface area contributed by atoms with Gasteiger partial charge in [0.1, 0.15) is 12.4 Å². The molecule has 1 saturated carbocycles. The summed E-state index contributed by atoms with van der Waals surface area (Å²) in [6.45, 7) is 1.62. The maximum absolute atomic E-state index is 13.3. The second-order valence-electron chi connectivity index (χ2n) is 8.39. The van der Waals surface area contributed by atoms with Gasteiger partial charge in [-0.15, -0.1) is 0 Å². The summed E-state index contributed by atoms with van der Waals surface area (Å²) in [5, 5.41) is 10.1. The van der Waals surface area contributed by atoms with Crippen molar-refractivity contribution in [2.75, 3.05) is 6.61 Å². The minimum absolute atomic E-state index is 0.0961. The average molecular weight is 496 g/mol. The number of rotatable bonds is 6. The lowest BCUT2D eigenvalue weighted by Crippen LogP contribution is -2.54. The molecular formula is C25H22BrNO5. The van der Waals surface area contributed by atoms with Crippen molar-refractivity contribution in [1.29, 1.82) is 0 Å². The summed E-state index contributed by atoms with van der Waals surface area (Å²) < 4.78 is 11.8. The first kappa shape index (κ1) is 20.8. The van der Waals surface area contributed by atoms with E-state index in [-0.39, 0.29) is 24.3 Å². The van der Waals surface area contributed by atoms with E-state index in [4.69, 9.17) is 9.15 Å². The number of fused-ring (bicyclic) bond motifs is 3. The predicted octanol–water partition coefficient (Wildman–Crippen LogP) is 5.76. The SMILES string of the molecule is CC(C(=O)O)(c1ccc(Br)o1)N(C(=O)OCC1c2ccccc2-c2ccccc21)C1CC1. The molecule has 1 N–H and O–H groups in total. The van der Waals surface area contributed by atoms with Crippen molar-refractivity contribution in [2.45, 2.75) is 37.3 Å². The van der Waals surface area contributed by atoms with Gasteiger partial charge in [-0.05, 0) is 70.1 Å². The fourth-order valence-corrected chi connectivity index (χ4v) is 4.90. The molecule has 2 aliphatic rings. The Kier molecular flexibility index (Phi) is 5.08. The summed E-state index contributed by atoms with van der Waals surface area (Å²) in [4.78, 5) is 27.0. The van der Waals surface area contributed by atoms with Crippen molar-refractivity contribution in [3.8, 4) is 11.1 Å². The molecule has 6 nitrogen and oxygen atoms in total. The van der Waals surface area contributed by atoms with Gasteiger partial charge in [-0.2, -0.15) is 0 Å². The number of carboxylic acid groups (broad SMARTS) is 1. The Morgan fingerprint density at radius 2 is 1.66 bits per heavy atom. The van der Waals surface area contributed by atoms with Crippen molar-refractivity contribution in [3.05, 3.63) is 82.2 Å². The molecule has 1 amide bonds. The van der Waals surface area contributed by atoms with Crippen molar-refractivity contribution in [3.63, 3.8) is 0 Å². The highest BCUT2D eigenvalue weighted by atomic mass is 79.9. The van der Waals surface area contributed by atoms with Crippen LogP contribution in [-0.4, -0.2) is 34.7 Å². The first-order valence-corrected chi connectivity index (χ1v) is 11.3. The highest BCUT2D eigenvalue weighted by molar-refractivity contribution is 9.10. The Balaban J connectivity index is 1.43. The summed E-state index contributed by atoms with van der Waals surface area (Å²) in [7, 11) is 0. The zero-order valence-electron chi connectivity index (χ0n) is 17.5. The second-order valence-corrected chi connectivity index (χ2v) is 9.17. The number of halogens is 1. The largest absolute Gasteiger partial charge is 0.479 e. The number of benzene rings is 2. The highest BCUT2D eigenvalue weighted by Gasteiger charge is 2.53. The number of carbonyl (C=O) groups is 2. The van der Waals surface area contributed by atoms with Crippen LogP contribution in [0.3, 0.4) is 0 Å². The normalized spacial score (nSPS) is 16.7. The van der Waals surface area contributed by atoms with Crippen LogP contribution >= 0.6 is 15.9 Å². The summed E-state index contributed by atoms with van der Waals surface area (Å²) >= 11 is 3.22. The summed E-state index contributed by atoms with van der Waals surface area (Å²) in [5.74, 6) is -1.08. The number of carboxylic acids is 1. The third-order valence-electron chi connectivity index (χ3n) is 6.40. The number of amides is 1. The summed E-state index contributed by atoms with van der Waals surface area (Å²) in [6, 6.07) is 19.2. The fraction of sp³-hybridized carbons (Fsp3) is 0.280. The quantitative estimate of drug-likeness (QED) is 0.470. The van der Waals surface area contributed by atoms with Gasteiger partial charge >= 0.3 is 12.1 Å². The number of aliphatic carboxylic acids is 1. The standard InChI is InChI=1S/C25H22BrNO5/c1-25(23(28)29,21-12-13-22(26)32-21)27(15-10-11-15)24(30)31-14-20-18-8-4-2-6-16(18)17-7-3-5-9-19(17)20/h2-9,12-13,15,20H,10-11,14H2,1H3,(H,28,29). The number of furan rings is 1. The van der Waals surface area contributed by atoms with Crippen molar-refractivity contribution in [2.24, 2.45) is 0 Å². The van der Waals surface area contributed by atoms with E-state index in [0.717, 1.165) is 35.1 Å². The van der Waals surface area contributed by atoms with Crippen LogP contribution in [0.15, 0.2) is 69.8 Å². The molecule has 32 heavy (non-hydrogen) atoms. The smallest absolute Gasteiger partial charge is 0.411 e. The first-order valence-electron chi connectivity index (χ1n) is 10.5. The predicted molar refractivity (Wildman–Crippen MR) is 121 cm³/mol. The number of ether oxygens (including phenoxy) is 1. The molecule has 1 fully saturated rings. The number of nitrogens with zero attached hydrogens (tertiary/aromatic N) is 1. The molecule has 0 bridgehead atoms. The minimum atomic E-state index is -1.67. The van der Waals surface area contributed by atoms with Crippen LogP contribution in [-0.2, 0) is 15.1 Å². The van der Waals surface area contributed by atoms with E-state index >= 15 is 0 Å². The third-order valence-corrected chi connectivity index (χ3v) is 6.82. The second kappa shape index (κ2) is 7.81. The molecular weight excluding hydrogens is 474 g/mol. The van der Waals surface area contributed by atoms with Crippen LogP contribution in [0.5, 0.6) is 0 Å². The molecule has 2 aliphatic carbocycles. The Labute approximate surface area is 193 Å². The Bertz CT molecular complexity index is 1150. The number of carbonyl (C=O) groups excluding carboxylic acids is 1. The van der Waals surface area contributed by atoms with Crippen LogP contribution in [0.25, 0.3) is 11.1 Å². The molecule has 1 aromatic heterocycles. The summed E-state index contributed by atoms with van der Waals surface area (Å²) in [6.07, 6.45) is 0.816. The maximum atomic E-state index is 13.3. The summed E-state index contributed by atoms with van der Waals surface area (Å²) in [5.41, 5.74) is 2.82. The van der Waals surface area contributed by atoms with Gasteiger partial charge in [0.05, 0.1) is 0 Å². The lowest BCUT2D eigenvalue weighted by Gasteiger charge is -2.36. The van der Waals surface area contributed by atoms with E-state index in [1.54, 1.807) is 12.1 Å². The zero-order valence-corrected chi connectivity index (χ0v) is 19.0. The molecule has 1 heterocycles. The van der Waals surface area contributed by atoms with E-state index < -0.39 is 17.6 Å². The third kappa shape index (κ3) is 3.32. The first-order chi connectivity index (χ1) is 15.4. The lowest BCUT2D eigenvalue weighted by molar-refractivity contribution is -0.152. The molecule has 3 aromatic rings. The number of hydrogen-bond donors (Lipinski definition) is 1.